The average molecular weight is 405 g/mol. The first-order valence-corrected chi connectivity index (χ1v) is 11.0. The van der Waals surface area contributed by atoms with Crippen LogP contribution in [0.2, 0.25) is 0 Å². The van der Waals surface area contributed by atoms with Gasteiger partial charge < -0.3 is 14.5 Å². The summed E-state index contributed by atoms with van der Waals surface area (Å²) in [7, 11) is 0. The first-order chi connectivity index (χ1) is 14.7. The Morgan fingerprint density at radius 3 is 2.27 bits per heavy atom. The first kappa shape index (κ1) is 19.3. The third-order valence-electron chi connectivity index (χ3n) is 6.65. The van der Waals surface area contributed by atoms with Crippen LogP contribution in [0.5, 0.6) is 0 Å². The fraction of sp³-hybridized carbons (Fsp3) is 0.440. The third kappa shape index (κ3) is 3.21. The molecule has 2 amide bonds. The maximum atomic E-state index is 14.0. The van der Waals surface area contributed by atoms with Crippen LogP contribution in [0.3, 0.4) is 0 Å². The van der Waals surface area contributed by atoms with E-state index in [1.54, 1.807) is 0 Å². The van der Waals surface area contributed by atoms with Gasteiger partial charge in [-0.2, -0.15) is 0 Å². The van der Waals surface area contributed by atoms with Gasteiger partial charge in [0.25, 0.3) is 0 Å². The molecule has 2 atom stereocenters. The van der Waals surface area contributed by atoms with E-state index >= 15 is 0 Å². The zero-order chi connectivity index (χ0) is 20.7. The van der Waals surface area contributed by atoms with Gasteiger partial charge in [0.05, 0.1) is 25.2 Å². The summed E-state index contributed by atoms with van der Waals surface area (Å²) in [5.74, 6) is 0.212. The number of benzene rings is 2. The Labute approximate surface area is 177 Å². The van der Waals surface area contributed by atoms with E-state index in [0.717, 1.165) is 28.7 Å². The van der Waals surface area contributed by atoms with Crippen LogP contribution in [-0.2, 0) is 14.3 Å². The lowest BCUT2D eigenvalue weighted by Gasteiger charge is -2.33. The van der Waals surface area contributed by atoms with Gasteiger partial charge >= 0.3 is 0 Å². The van der Waals surface area contributed by atoms with Crippen molar-refractivity contribution in [1.29, 1.82) is 0 Å². The molecular weight excluding hydrogens is 376 g/mol. The minimum absolute atomic E-state index is 0.0919. The Bertz CT molecular complexity index is 927. The Morgan fingerprint density at radius 1 is 0.933 bits per heavy atom. The molecule has 2 bridgehead atoms. The predicted octanol–water partition coefficient (Wildman–Crippen LogP) is 3.28. The van der Waals surface area contributed by atoms with Crippen molar-refractivity contribution >= 4 is 11.8 Å². The van der Waals surface area contributed by atoms with E-state index in [1.807, 2.05) is 41.0 Å². The molecule has 156 valence electrons. The van der Waals surface area contributed by atoms with Crippen LogP contribution in [-0.4, -0.2) is 60.5 Å². The van der Waals surface area contributed by atoms with Gasteiger partial charge in [-0.25, -0.2) is 0 Å². The summed E-state index contributed by atoms with van der Waals surface area (Å²) in [6.07, 6.45) is 1.41. The lowest BCUT2D eigenvalue weighted by Crippen LogP contribution is -2.49. The van der Waals surface area contributed by atoms with Gasteiger partial charge in [-0.3, -0.25) is 9.59 Å². The molecule has 0 saturated carbocycles. The van der Waals surface area contributed by atoms with Crippen LogP contribution in [0.25, 0.3) is 11.1 Å². The van der Waals surface area contributed by atoms with Crippen LogP contribution >= 0.6 is 0 Å². The normalized spacial score (nSPS) is 23.0. The van der Waals surface area contributed by atoms with Crippen molar-refractivity contribution in [3.63, 3.8) is 0 Å². The van der Waals surface area contributed by atoms with Crippen molar-refractivity contribution in [1.82, 2.24) is 9.80 Å². The highest BCUT2D eigenvalue weighted by Gasteiger charge is 2.42. The molecular formula is C25H28N2O3. The molecule has 2 fully saturated rings. The molecule has 2 heterocycles. The number of hydrogen-bond acceptors (Lipinski definition) is 3. The molecule has 5 heteroatoms. The zero-order valence-corrected chi connectivity index (χ0v) is 17.4. The predicted molar refractivity (Wildman–Crippen MR) is 115 cm³/mol. The molecule has 2 aliphatic heterocycles. The third-order valence-corrected chi connectivity index (χ3v) is 6.65. The largest absolute Gasteiger partial charge is 0.379 e. The molecule has 0 unspecified atom stereocenters. The number of fused-ring (bicyclic) bond motifs is 6. The quantitative estimate of drug-likeness (QED) is 0.789. The summed E-state index contributed by atoms with van der Waals surface area (Å²) in [4.78, 5) is 30.6. The van der Waals surface area contributed by atoms with Crippen molar-refractivity contribution in [2.24, 2.45) is 5.92 Å². The van der Waals surface area contributed by atoms with Crippen LogP contribution < -0.4 is 0 Å². The van der Waals surface area contributed by atoms with Crippen LogP contribution in [0.15, 0.2) is 48.5 Å². The summed E-state index contributed by atoms with van der Waals surface area (Å²) in [6, 6.07) is 16.4. The molecule has 2 saturated heterocycles. The summed E-state index contributed by atoms with van der Waals surface area (Å²) in [5.41, 5.74) is 4.48. The Hall–Kier alpha value is -2.66. The second-order valence-corrected chi connectivity index (χ2v) is 8.70. The Morgan fingerprint density at radius 2 is 1.60 bits per heavy atom. The number of amides is 2. The lowest BCUT2D eigenvalue weighted by atomic mass is 9.94. The number of rotatable bonds is 3. The molecule has 0 N–H and O–H groups in total. The van der Waals surface area contributed by atoms with Crippen molar-refractivity contribution in [3.8, 4) is 11.1 Å². The number of hydrogen-bond donors (Lipinski definition) is 0. The van der Waals surface area contributed by atoms with Gasteiger partial charge in [0.2, 0.25) is 11.8 Å². The highest BCUT2D eigenvalue weighted by molar-refractivity contribution is 5.96. The van der Waals surface area contributed by atoms with Crippen LogP contribution in [0, 0.1) is 5.92 Å². The monoisotopic (exact) mass is 404 g/mol. The maximum absolute atomic E-state index is 14.0. The fourth-order valence-corrected chi connectivity index (χ4v) is 5.28. The topological polar surface area (TPSA) is 49.9 Å². The standard InChI is InChI=1S/C25H28N2O3/c1-2-7-23(28)26-12-17-13-27(18(14-26)16-30-15-17)25(29)24-21-10-5-3-8-19(21)20-9-4-6-11-22(20)24/h3-6,8-11,17-18,24H,2,7,12-16H2,1H3/t17-,18-/m0/s1. The van der Waals surface area contributed by atoms with E-state index < -0.39 is 0 Å². The number of carbonyl (C=O) groups is 2. The molecule has 2 aromatic carbocycles. The first-order valence-electron chi connectivity index (χ1n) is 11.0. The van der Waals surface area contributed by atoms with E-state index in [9.17, 15) is 9.59 Å². The van der Waals surface area contributed by atoms with Gasteiger partial charge in [-0.1, -0.05) is 55.5 Å². The Kier molecular flexibility index (Phi) is 5.07. The van der Waals surface area contributed by atoms with Crippen LogP contribution in [0.1, 0.15) is 36.8 Å². The summed E-state index contributed by atoms with van der Waals surface area (Å²) in [5, 5.41) is 0. The van der Waals surface area contributed by atoms with Gasteiger partial charge in [0, 0.05) is 32.0 Å². The number of nitrogens with zero attached hydrogens (tertiary/aromatic N) is 2. The smallest absolute Gasteiger partial charge is 0.235 e. The number of ether oxygens (including phenoxy) is 1. The summed E-state index contributed by atoms with van der Waals surface area (Å²) >= 11 is 0. The van der Waals surface area contributed by atoms with Crippen molar-refractivity contribution in [2.45, 2.75) is 31.7 Å². The summed E-state index contributed by atoms with van der Waals surface area (Å²) < 4.78 is 5.90. The SMILES string of the molecule is CCCC(=O)N1C[C@@H]2COC[C@H](C1)N(C(=O)C1c3ccccc3-c3ccccc31)C2. The van der Waals surface area contributed by atoms with E-state index in [2.05, 4.69) is 24.3 Å². The second-order valence-electron chi connectivity index (χ2n) is 8.70. The van der Waals surface area contributed by atoms with Gasteiger partial charge in [0.1, 0.15) is 0 Å². The highest BCUT2D eigenvalue weighted by atomic mass is 16.5. The van der Waals surface area contributed by atoms with Gasteiger partial charge in [0.15, 0.2) is 0 Å². The Balaban J connectivity index is 1.49. The molecule has 2 aromatic rings. The maximum Gasteiger partial charge on any atom is 0.235 e. The van der Waals surface area contributed by atoms with E-state index in [4.69, 9.17) is 4.74 Å². The molecule has 1 aliphatic carbocycles. The average Bonchev–Trinajstić information content (AvgIpc) is 2.85. The van der Waals surface area contributed by atoms with Gasteiger partial charge in [-0.15, -0.1) is 0 Å². The number of carbonyl (C=O) groups excluding carboxylic acids is 2. The molecule has 0 aromatic heterocycles. The molecule has 0 radical (unpaired) electrons. The van der Waals surface area contributed by atoms with E-state index in [1.165, 1.54) is 0 Å². The minimum atomic E-state index is -0.281. The van der Waals surface area contributed by atoms with Gasteiger partial charge in [-0.05, 0) is 28.7 Å². The van der Waals surface area contributed by atoms with Crippen molar-refractivity contribution in [2.75, 3.05) is 32.8 Å². The van der Waals surface area contributed by atoms with E-state index in [0.29, 0.717) is 39.3 Å². The van der Waals surface area contributed by atoms with Crippen molar-refractivity contribution < 1.29 is 14.3 Å². The molecule has 30 heavy (non-hydrogen) atoms. The lowest BCUT2D eigenvalue weighted by molar-refractivity contribution is -0.137. The second kappa shape index (κ2) is 7.88. The zero-order valence-electron chi connectivity index (χ0n) is 17.4. The highest BCUT2D eigenvalue weighted by Crippen LogP contribution is 2.45. The molecule has 0 spiro atoms. The summed E-state index contributed by atoms with van der Waals surface area (Å²) in [6.45, 7) is 5.03. The molecule has 5 rings (SSSR count). The molecule has 3 aliphatic rings. The molecule has 5 nitrogen and oxygen atoms in total. The van der Waals surface area contributed by atoms with Crippen LogP contribution in [0.4, 0.5) is 0 Å². The minimum Gasteiger partial charge on any atom is -0.379 e. The fourth-order valence-electron chi connectivity index (χ4n) is 5.28. The van der Waals surface area contributed by atoms with Crippen molar-refractivity contribution in [3.05, 3.63) is 59.7 Å². The van der Waals surface area contributed by atoms with E-state index in [-0.39, 0.29) is 29.7 Å².